The second-order valence-electron chi connectivity index (χ2n) is 12.3. The van der Waals surface area contributed by atoms with Gasteiger partial charge in [0.05, 0.1) is 92.1 Å². The van der Waals surface area contributed by atoms with E-state index in [1.54, 1.807) is 0 Å². The Labute approximate surface area is 305 Å². The van der Waals surface area contributed by atoms with Gasteiger partial charge in [0.25, 0.3) is 0 Å². The van der Waals surface area contributed by atoms with Crippen molar-refractivity contribution in [2.75, 3.05) is 92.4 Å². The Balaban J connectivity index is 1.41. The average Bonchev–Trinajstić information content (AvgIpc) is 3.39. The number of hydrogen-bond acceptors (Lipinski definition) is 10. The molecule has 2 amide bonds. The first-order valence-electron chi connectivity index (χ1n) is 17.9. The summed E-state index contributed by atoms with van der Waals surface area (Å²) in [5, 5.41) is 23.1. The summed E-state index contributed by atoms with van der Waals surface area (Å²) in [6, 6.07) is 14.6. The van der Waals surface area contributed by atoms with E-state index in [-0.39, 0.29) is 50.7 Å². The molecule has 3 rings (SSSR count). The van der Waals surface area contributed by atoms with Crippen molar-refractivity contribution < 1.29 is 57.8 Å². The van der Waals surface area contributed by atoms with Gasteiger partial charge in [-0.1, -0.05) is 48.0 Å². The van der Waals surface area contributed by atoms with Crippen LogP contribution in [0.15, 0.2) is 42.5 Å². The van der Waals surface area contributed by atoms with Crippen LogP contribution in [0.5, 0.6) is 0 Å². The summed E-state index contributed by atoms with van der Waals surface area (Å²) < 4.78 is 32.3. The summed E-state index contributed by atoms with van der Waals surface area (Å²) >= 11 is 0. The molecule has 0 unspecified atom stereocenters. The predicted molar refractivity (Wildman–Crippen MR) is 191 cm³/mol. The Morgan fingerprint density at radius 1 is 0.538 bits per heavy atom. The quantitative estimate of drug-likeness (QED) is 0.0862. The van der Waals surface area contributed by atoms with Crippen LogP contribution in [-0.2, 0) is 53.0 Å². The van der Waals surface area contributed by atoms with E-state index < -0.39 is 17.4 Å². The molecule has 1 aliphatic carbocycles. The molecule has 14 nitrogen and oxygen atoms in total. The van der Waals surface area contributed by atoms with Gasteiger partial charge in [0.1, 0.15) is 0 Å². The van der Waals surface area contributed by atoms with Gasteiger partial charge >= 0.3 is 11.9 Å². The number of fused-ring (bicyclic) bond motifs is 3. The van der Waals surface area contributed by atoms with Crippen LogP contribution in [0.2, 0.25) is 0 Å². The smallest absolute Gasteiger partial charge is 0.305 e. The van der Waals surface area contributed by atoms with Crippen LogP contribution in [0.3, 0.4) is 0 Å². The van der Waals surface area contributed by atoms with Crippen molar-refractivity contribution in [3.8, 4) is 11.1 Å². The maximum absolute atomic E-state index is 13.1. The zero-order valence-corrected chi connectivity index (χ0v) is 30.2. The van der Waals surface area contributed by atoms with Gasteiger partial charge in [0.15, 0.2) is 0 Å². The van der Waals surface area contributed by atoms with E-state index >= 15 is 0 Å². The lowest BCUT2D eigenvalue weighted by atomic mass is 9.71. The van der Waals surface area contributed by atoms with E-state index in [2.05, 4.69) is 47.9 Å². The topological polar surface area (TPSA) is 188 Å². The number of ether oxygens (including phenoxy) is 6. The van der Waals surface area contributed by atoms with Crippen LogP contribution in [0.4, 0.5) is 0 Å². The fourth-order valence-electron chi connectivity index (χ4n) is 5.99. The molecule has 2 aromatic rings. The van der Waals surface area contributed by atoms with Crippen molar-refractivity contribution in [2.45, 2.75) is 50.9 Å². The number of rotatable bonds is 30. The molecule has 4 N–H and O–H groups in total. The van der Waals surface area contributed by atoms with Crippen LogP contribution in [0, 0.1) is 6.92 Å². The Bertz CT molecular complexity index is 1350. The number of aliphatic carboxylic acids is 2. The van der Waals surface area contributed by atoms with E-state index in [9.17, 15) is 19.2 Å². The number of carbonyl (C=O) groups excluding carboxylic acids is 2. The maximum Gasteiger partial charge on any atom is 0.305 e. The molecule has 0 fully saturated rings. The minimum Gasteiger partial charge on any atom is -0.481 e. The number of carbonyl (C=O) groups is 4. The van der Waals surface area contributed by atoms with E-state index in [4.69, 9.17) is 38.6 Å². The highest BCUT2D eigenvalue weighted by molar-refractivity contribution is 5.83. The summed E-state index contributed by atoms with van der Waals surface area (Å²) in [6.45, 7) is 6.50. The molecule has 0 aromatic heterocycles. The average molecular weight is 731 g/mol. The highest BCUT2D eigenvalue weighted by atomic mass is 16.5. The molecule has 0 spiro atoms. The lowest BCUT2D eigenvalue weighted by Gasteiger charge is -2.32. The molecule has 0 radical (unpaired) electrons. The van der Waals surface area contributed by atoms with E-state index in [0.29, 0.717) is 92.0 Å². The minimum atomic E-state index is -0.901. The van der Waals surface area contributed by atoms with Crippen LogP contribution in [0.1, 0.15) is 55.2 Å². The zero-order valence-electron chi connectivity index (χ0n) is 30.2. The largest absolute Gasteiger partial charge is 0.481 e. The third-order valence-electron chi connectivity index (χ3n) is 8.53. The van der Waals surface area contributed by atoms with Gasteiger partial charge in [-0.15, -0.1) is 0 Å². The molecule has 0 atom stereocenters. The normalized spacial score (nSPS) is 12.6. The Morgan fingerprint density at radius 2 is 0.962 bits per heavy atom. The highest BCUT2D eigenvalue weighted by Gasteiger charge is 2.43. The third kappa shape index (κ3) is 15.4. The SMILES string of the molecule is Cc1ccc2c(c1)C(CCC(=O)NCCOCCOCCOCCC(=O)O)(CCC(=O)NCCOCCOCCOCCC(=O)O)c1ccccc1-2. The number of nitrogens with one attached hydrogen (secondary N) is 2. The van der Waals surface area contributed by atoms with Gasteiger partial charge in [0.2, 0.25) is 11.8 Å². The molecule has 0 bridgehead atoms. The molecular weight excluding hydrogens is 676 g/mol. The summed E-state index contributed by atoms with van der Waals surface area (Å²) in [5.41, 5.74) is 5.13. The van der Waals surface area contributed by atoms with Crippen molar-refractivity contribution in [3.63, 3.8) is 0 Å². The molecule has 0 saturated carbocycles. The number of amides is 2. The fraction of sp³-hybridized carbons (Fsp3) is 0.579. The third-order valence-corrected chi connectivity index (χ3v) is 8.53. The Morgan fingerprint density at radius 3 is 1.44 bits per heavy atom. The maximum atomic E-state index is 13.1. The first-order valence-corrected chi connectivity index (χ1v) is 17.9. The highest BCUT2D eigenvalue weighted by Crippen LogP contribution is 2.53. The monoisotopic (exact) mass is 730 g/mol. The minimum absolute atomic E-state index is 0.0391. The van der Waals surface area contributed by atoms with Gasteiger partial charge in [0, 0.05) is 31.3 Å². The molecule has 0 aliphatic heterocycles. The van der Waals surface area contributed by atoms with Crippen molar-refractivity contribution in [3.05, 3.63) is 59.2 Å². The Kier molecular flexibility index (Phi) is 19.9. The molecule has 2 aromatic carbocycles. The molecular formula is C38H54N2O12. The molecule has 1 aliphatic rings. The molecule has 14 heteroatoms. The van der Waals surface area contributed by atoms with E-state index in [1.165, 1.54) is 0 Å². The van der Waals surface area contributed by atoms with E-state index in [0.717, 1.165) is 27.8 Å². The summed E-state index contributed by atoms with van der Waals surface area (Å²) in [6.07, 6.45) is 1.55. The van der Waals surface area contributed by atoms with Gasteiger partial charge in [-0.25, -0.2) is 0 Å². The molecule has 0 heterocycles. The first-order chi connectivity index (χ1) is 25.2. The van der Waals surface area contributed by atoms with Crippen LogP contribution in [-0.4, -0.2) is 126 Å². The summed E-state index contributed by atoms with van der Waals surface area (Å²) in [5.74, 6) is -1.98. The number of benzene rings is 2. The lowest BCUT2D eigenvalue weighted by molar-refractivity contribution is -0.139. The van der Waals surface area contributed by atoms with E-state index in [1.807, 2.05) is 12.1 Å². The van der Waals surface area contributed by atoms with Gasteiger partial charge < -0.3 is 49.3 Å². The molecule has 288 valence electrons. The van der Waals surface area contributed by atoms with Gasteiger partial charge in [-0.3, -0.25) is 19.2 Å². The number of carboxylic acids is 2. The van der Waals surface area contributed by atoms with Gasteiger partial charge in [-0.05, 0) is 42.0 Å². The van der Waals surface area contributed by atoms with Crippen molar-refractivity contribution in [1.29, 1.82) is 0 Å². The molecule has 52 heavy (non-hydrogen) atoms. The zero-order chi connectivity index (χ0) is 37.4. The summed E-state index contributed by atoms with van der Waals surface area (Å²) in [7, 11) is 0. The number of aryl methyl sites for hydroxylation is 1. The molecule has 0 saturated heterocycles. The standard InChI is InChI=1S/C38H54N2O12/c1-29-6-7-31-30-4-2-3-5-32(30)38(33(31)28-29,12-8-34(41)39-14-18-49-22-26-51-24-20-47-16-10-36(43)44)13-9-35(42)40-15-19-50-23-27-52-25-21-48-17-11-37(45)46/h2-7,28H,8-27H2,1H3,(H,39,41)(H,40,42)(H,43,44)(H,45,46). The Hall–Kier alpha value is -3.92. The first kappa shape index (κ1) is 42.5. The van der Waals surface area contributed by atoms with Crippen LogP contribution < -0.4 is 10.6 Å². The van der Waals surface area contributed by atoms with Gasteiger partial charge in [-0.2, -0.15) is 0 Å². The second-order valence-corrected chi connectivity index (χ2v) is 12.3. The predicted octanol–water partition coefficient (Wildman–Crippen LogP) is 3.10. The number of hydrogen-bond donors (Lipinski definition) is 4. The van der Waals surface area contributed by atoms with Crippen molar-refractivity contribution in [1.82, 2.24) is 10.6 Å². The van der Waals surface area contributed by atoms with Crippen LogP contribution in [0.25, 0.3) is 11.1 Å². The van der Waals surface area contributed by atoms with Crippen LogP contribution >= 0.6 is 0 Å². The van der Waals surface area contributed by atoms with Crippen molar-refractivity contribution >= 4 is 23.8 Å². The number of carboxylic acid groups (broad SMARTS) is 2. The summed E-state index contributed by atoms with van der Waals surface area (Å²) in [4.78, 5) is 47.1. The lowest BCUT2D eigenvalue weighted by Crippen LogP contribution is -2.34. The van der Waals surface area contributed by atoms with Crippen molar-refractivity contribution in [2.24, 2.45) is 0 Å². The second kappa shape index (κ2) is 24.3. The fourth-order valence-corrected chi connectivity index (χ4v) is 5.99.